The van der Waals surface area contributed by atoms with Crippen molar-refractivity contribution in [3.05, 3.63) is 17.5 Å². The minimum absolute atomic E-state index is 0.179. The van der Waals surface area contributed by atoms with Gasteiger partial charge in [0.15, 0.2) is 12.3 Å². The summed E-state index contributed by atoms with van der Waals surface area (Å²) >= 11 is 0. The second kappa shape index (κ2) is 7.16. The van der Waals surface area contributed by atoms with E-state index in [1.165, 1.54) is 11.0 Å². The van der Waals surface area contributed by atoms with Crippen LogP contribution in [0.3, 0.4) is 0 Å². The fraction of sp³-hybridized carbons (Fsp3) is 0.529. The molecule has 0 spiro atoms. The summed E-state index contributed by atoms with van der Waals surface area (Å²) in [7, 11) is 3.21. The maximum Gasteiger partial charge on any atom is 0.422 e. The molecule has 0 bridgehead atoms. The maximum atomic E-state index is 12.7. The number of alkyl halides is 3. The molecule has 10 heteroatoms. The summed E-state index contributed by atoms with van der Waals surface area (Å²) in [6.07, 6.45) is -2.54. The number of nitrogens with zero attached hydrogens (tertiary/aromatic N) is 5. The number of hydrogen-bond donors (Lipinski definition) is 0. The van der Waals surface area contributed by atoms with Gasteiger partial charge in [-0.05, 0) is 25.8 Å². The molecule has 0 saturated carbocycles. The van der Waals surface area contributed by atoms with E-state index in [4.69, 9.17) is 4.74 Å². The monoisotopic (exact) mass is 383 g/mol. The fourth-order valence-electron chi connectivity index (χ4n) is 2.95. The summed E-state index contributed by atoms with van der Waals surface area (Å²) < 4.78 is 42.6. The number of amides is 1. The first-order valence-corrected chi connectivity index (χ1v) is 8.51. The third-order valence-corrected chi connectivity index (χ3v) is 4.16. The topological polar surface area (TPSA) is 71.5 Å². The summed E-state index contributed by atoms with van der Waals surface area (Å²) in [6, 6.07) is 1.48. The highest BCUT2D eigenvalue weighted by Crippen LogP contribution is 2.31. The van der Waals surface area contributed by atoms with Crippen LogP contribution in [-0.4, -0.2) is 65.7 Å². The molecule has 1 aliphatic rings. The van der Waals surface area contributed by atoms with E-state index >= 15 is 0 Å². The number of fused-ring (bicyclic) bond motifs is 1. The van der Waals surface area contributed by atoms with Gasteiger partial charge >= 0.3 is 6.18 Å². The average Bonchev–Trinajstić information content (AvgIpc) is 3.11. The van der Waals surface area contributed by atoms with Crippen LogP contribution in [0.4, 0.5) is 19.0 Å². The number of halogens is 3. The van der Waals surface area contributed by atoms with Gasteiger partial charge in [0.1, 0.15) is 11.6 Å². The zero-order valence-electron chi connectivity index (χ0n) is 15.3. The van der Waals surface area contributed by atoms with Crippen LogP contribution in [0.15, 0.2) is 6.07 Å². The molecule has 1 aliphatic heterocycles. The zero-order chi connectivity index (χ0) is 19.8. The van der Waals surface area contributed by atoms with Gasteiger partial charge in [-0.2, -0.15) is 18.2 Å². The van der Waals surface area contributed by atoms with Crippen molar-refractivity contribution in [2.24, 2.45) is 0 Å². The van der Waals surface area contributed by atoms with Crippen LogP contribution in [0.1, 0.15) is 29.0 Å². The fourth-order valence-corrected chi connectivity index (χ4v) is 2.95. The number of carbonyl (C=O) groups is 1. The molecule has 2 aromatic heterocycles. The molecule has 3 rings (SSSR count). The number of aryl methyl sites for hydroxylation is 1. The van der Waals surface area contributed by atoms with Crippen molar-refractivity contribution in [1.82, 2.24) is 19.9 Å². The van der Waals surface area contributed by atoms with Crippen molar-refractivity contribution in [2.75, 3.05) is 38.7 Å². The van der Waals surface area contributed by atoms with E-state index in [0.717, 1.165) is 25.9 Å². The predicted octanol–water partition coefficient (Wildman–Crippen LogP) is 2.58. The Kier molecular flexibility index (Phi) is 5.07. The number of rotatable bonds is 4. The lowest BCUT2D eigenvalue weighted by atomic mass is 10.1. The highest BCUT2D eigenvalue weighted by molar-refractivity contribution is 6.02. The molecule has 0 aromatic carbocycles. The van der Waals surface area contributed by atoms with Gasteiger partial charge in [0.05, 0.1) is 10.9 Å². The first-order chi connectivity index (χ1) is 12.7. The van der Waals surface area contributed by atoms with Crippen LogP contribution in [0.2, 0.25) is 0 Å². The van der Waals surface area contributed by atoms with Crippen molar-refractivity contribution in [3.8, 4) is 5.88 Å². The summed E-state index contributed by atoms with van der Waals surface area (Å²) in [5.41, 5.74) is 0.496. The first-order valence-electron chi connectivity index (χ1n) is 8.51. The molecule has 0 N–H and O–H groups in total. The molecule has 27 heavy (non-hydrogen) atoms. The van der Waals surface area contributed by atoms with Crippen LogP contribution in [0, 0.1) is 6.92 Å². The van der Waals surface area contributed by atoms with Gasteiger partial charge in [0.2, 0.25) is 5.88 Å². The van der Waals surface area contributed by atoms with Crippen molar-refractivity contribution in [3.63, 3.8) is 0 Å². The van der Waals surface area contributed by atoms with E-state index in [1.54, 1.807) is 21.0 Å². The molecule has 0 aliphatic carbocycles. The molecule has 0 unspecified atom stereocenters. The smallest absolute Gasteiger partial charge is 0.422 e. The lowest BCUT2D eigenvalue weighted by molar-refractivity contribution is -0.153. The van der Waals surface area contributed by atoms with Crippen LogP contribution < -0.4 is 9.64 Å². The molecular formula is C17H20F3N5O2. The van der Waals surface area contributed by atoms with Crippen molar-refractivity contribution in [1.29, 1.82) is 0 Å². The Hall–Kier alpha value is -2.65. The molecule has 146 valence electrons. The predicted molar refractivity (Wildman–Crippen MR) is 93.1 cm³/mol. The maximum absolute atomic E-state index is 12.7. The van der Waals surface area contributed by atoms with Crippen LogP contribution in [0.5, 0.6) is 5.88 Å². The van der Waals surface area contributed by atoms with Gasteiger partial charge in [0.25, 0.3) is 5.91 Å². The molecule has 0 radical (unpaired) electrons. The summed E-state index contributed by atoms with van der Waals surface area (Å²) in [5.74, 6) is 0.196. The van der Waals surface area contributed by atoms with Crippen LogP contribution in [-0.2, 0) is 0 Å². The quantitative estimate of drug-likeness (QED) is 0.808. The van der Waals surface area contributed by atoms with Gasteiger partial charge in [0, 0.05) is 27.2 Å². The number of ether oxygens (including phenoxy) is 1. The lowest BCUT2D eigenvalue weighted by Crippen LogP contribution is -2.28. The Balaban J connectivity index is 2.15. The minimum atomic E-state index is -4.50. The molecule has 7 nitrogen and oxygen atoms in total. The average molecular weight is 383 g/mol. The SMILES string of the molecule is Cc1nc(OCC(F)(F)F)c2cc(C(=O)N(C)C)c(N3CCCC3)nc2n1. The second-order valence-electron chi connectivity index (χ2n) is 6.60. The molecule has 1 amide bonds. The highest BCUT2D eigenvalue weighted by atomic mass is 19.4. The number of pyridine rings is 1. The van der Waals surface area contributed by atoms with Gasteiger partial charge < -0.3 is 14.5 Å². The number of anilines is 1. The van der Waals surface area contributed by atoms with Gasteiger partial charge in [-0.15, -0.1) is 0 Å². The van der Waals surface area contributed by atoms with E-state index in [-0.39, 0.29) is 28.6 Å². The largest absolute Gasteiger partial charge is 0.467 e. The molecule has 1 fully saturated rings. The number of aromatic nitrogens is 3. The Morgan fingerprint density at radius 1 is 1.22 bits per heavy atom. The lowest BCUT2D eigenvalue weighted by Gasteiger charge is -2.22. The molecule has 0 atom stereocenters. The normalized spacial score (nSPS) is 14.7. The zero-order valence-corrected chi connectivity index (χ0v) is 15.3. The first kappa shape index (κ1) is 19.1. The van der Waals surface area contributed by atoms with E-state index < -0.39 is 12.8 Å². The molecule has 3 heterocycles. The molecule has 2 aromatic rings. The van der Waals surface area contributed by atoms with E-state index in [9.17, 15) is 18.0 Å². The summed E-state index contributed by atoms with van der Waals surface area (Å²) in [4.78, 5) is 28.7. The highest BCUT2D eigenvalue weighted by Gasteiger charge is 2.30. The third-order valence-electron chi connectivity index (χ3n) is 4.16. The van der Waals surface area contributed by atoms with Crippen molar-refractivity contribution >= 4 is 22.8 Å². The Morgan fingerprint density at radius 3 is 2.48 bits per heavy atom. The molecule has 1 saturated heterocycles. The Labute approximate surface area is 154 Å². The third kappa shape index (κ3) is 4.20. The molecular weight excluding hydrogens is 363 g/mol. The summed E-state index contributed by atoms with van der Waals surface area (Å²) in [5, 5.41) is 0.179. The second-order valence-corrected chi connectivity index (χ2v) is 6.60. The van der Waals surface area contributed by atoms with Crippen molar-refractivity contribution in [2.45, 2.75) is 25.9 Å². The number of carbonyl (C=O) groups excluding carboxylic acids is 1. The van der Waals surface area contributed by atoms with Crippen LogP contribution in [0.25, 0.3) is 11.0 Å². The van der Waals surface area contributed by atoms with E-state index in [0.29, 0.717) is 11.4 Å². The van der Waals surface area contributed by atoms with E-state index in [1.807, 2.05) is 4.90 Å². The minimum Gasteiger partial charge on any atom is -0.467 e. The van der Waals surface area contributed by atoms with Gasteiger partial charge in [-0.1, -0.05) is 0 Å². The van der Waals surface area contributed by atoms with Gasteiger partial charge in [-0.25, -0.2) is 9.97 Å². The van der Waals surface area contributed by atoms with Crippen LogP contribution >= 0.6 is 0 Å². The van der Waals surface area contributed by atoms with Crippen molar-refractivity contribution < 1.29 is 22.7 Å². The Morgan fingerprint density at radius 2 is 1.89 bits per heavy atom. The standard InChI is InChI=1S/C17H20F3N5O2/c1-10-21-13-11(15(22-10)27-9-17(18,19)20)8-12(16(26)24(2)3)14(23-13)25-6-4-5-7-25/h8H,4-7,9H2,1-3H3. The van der Waals surface area contributed by atoms with Gasteiger partial charge in [-0.3, -0.25) is 4.79 Å². The number of hydrogen-bond acceptors (Lipinski definition) is 6. The summed E-state index contributed by atoms with van der Waals surface area (Å²) in [6.45, 7) is 1.58. The Bertz CT molecular complexity index is 864. The van der Waals surface area contributed by atoms with E-state index in [2.05, 4.69) is 15.0 Å².